The van der Waals surface area contributed by atoms with Crippen molar-refractivity contribution in [3.8, 4) is 0 Å². The number of rotatable bonds is 7. The first-order chi connectivity index (χ1) is 15.6. The second kappa shape index (κ2) is 9.46. The lowest BCUT2D eigenvalue weighted by molar-refractivity contribution is -0.131. The van der Waals surface area contributed by atoms with Gasteiger partial charge in [-0.3, -0.25) is 4.79 Å². The van der Waals surface area contributed by atoms with Crippen LogP contribution >= 0.6 is 0 Å². The summed E-state index contributed by atoms with van der Waals surface area (Å²) in [5.41, 5.74) is 4.17. The molecule has 0 radical (unpaired) electrons. The van der Waals surface area contributed by atoms with E-state index in [-0.39, 0.29) is 11.5 Å². The number of anilines is 1. The van der Waals surface area contributed by atoms with E-state index in [0.29, 0.717) is 18.7 Å². The summed E-state index contributed by atoms with van der Waals surface area (Å²) in [5, 5.41) is 9.23. The van der Waals surface area contributed by atoms with E-state index >= 15 is 0 Å². The summed E-state index contributed by atoms with van der Waals surface area (Å²) in [7, 11) is 0. The van der Waals surface area contributed by atoms with Crippen LogP contribution in [0, 0.1) is 0 Å². The summed E-state index contributed by atoms with van der Waals surface area (Å²) < 4.78 is 0. The molecule has 0 aliphatic heterocycles. The van der Waals surface area contributed by atoms with Gasteiger partial charge in [0, 0.05) is 23.7 Å². The van der Waals surface area contributed by atoms with Gasteiger partial charge in [0.1, 0.15) is 11.6 Å². The van der Waals surface area contributed by atoms with Crippen molar-refractivity contribution in [2.45, 2.75) is 31.7 Å². The number of nitrogens with zero attached hydrogens (tertiary/aromatic N) is 1. The molecule has 0 heterocycles. The Labute approximate surface area is 186 Å². The molecular weight excluding hydrogens is 402 g/mol. The summed E-state index contributed by atoms with van der Waals surface area (Å²) in [6, 6.07) is 24.7. The molecule has 1 atom stereocenters. The molecule has 160 valence electrons. The average Bonchev–Trinajstić information content (AvgIpc) is 2.84. The monoisotopic (exact) mass is 425 g/mol. The molecule has 0 aromatic heterocycles. The quantitative estimate of drug-likeness (QED) is 0.334. The predicted octanol–water partition coefficient (Wildman–Crippen LogP) is 4.80. The average molecular weight is 425 g/mol. The van der Waals surface area contributed by atoms with Crippen LogP contribution in [0.2, 0.25) is 0 Å². The summed E-state index contributed by atoms with van der Waals surface area (Å²) in [6.45, 7) is 0.495. The number of carbonyl (C=O) groups excluding carboxylic acids is 2. The number of carboxylic acid groups (broad SMARTS) is 1. The molecule has 1 aliphatic carbocycles. The van der Waals surface area contributed by atoms with Gasteiger partial charge in [0.25, 0.3) is 5.78 Å². The summed E-state index contributed by atoms with van der Waals surface area (Å²) in [4.78, 5) is 37.9. The summed E-state index contributed by atoms with van der Waals surface area (Å²) >= 11 is 0. The third-order valence-corrected chi connectivity index (χ3v) is 5.92. The highest BCUT2D eigenvalue weighted by Crippen LogP contribution is 2.40. The molecule has 0 spiro atoms. The molecule has 0 fully saturated rings. The fourth-order valence-corrected chi connectivity index (χ4v) is 4.46. The van der Waals surface area contributed by atoms with Gasteiger partial charge in [-0.15, -0.1) is 0 Å². The second-order valence-electron chi connectivity index (χ2n) is 7.85. The van der Waals surface area contributed by atoms with Crippen molar-refractivity contribution < 1.29 is 19.5 Å². The Morgan fingerprint density at radius 1 is 0.938 bits per heavy atom. The third-order valence-electron chi connectivity index (χ3n) is 5.92. The van der Waals surface area contributed by atoms with E-state index in [1.165, 1.54) is 0 Å². The van der Waals surface area contributed by atoms with E-state index in [1.807, 2.05) is 71.6 Å². The van der Waals surface area contributed by atoms with Crippen molar-refractivity contribution in [1.82, 2.24) is 0 Å². The Hall–Kier alpha value is -3.95. The molecule has 0 amide bonds. The number of benzene rings is 3. The van der Waals surface area contributed by atoms with E-state index < -0.39 is 11.8 Å². The number of Topliss-reactive ketones (excluding diaryl/α,β-unsaturated/α-hetero) is 1. The Bertz CT molecular complexity index is 1180. The van der Waals surface area contributed by atoms with Gasteiger partial charge in [-0.1, -0.05) is 66.7 Å². The zero-order valence-electron chi connectivity index (χ0n) is 17.5. The van der Waals surface area contributed by atoms with Crippen molar-refractivity contribution in [2.75, 3.05) is 4.90 Å². The zero-order chi connectivity index (χ0) is 22.5. The zero-order valence-corrected chi connectivity index (χ0v) is 17.5. The predicted molar refractivity (Wildman–Crippen MR) is 122 cm³/mol. The molecular formula is C27H23NO4. The normalized spacial score (nSPS) is 14.7. The van der Waals surface area contributed by atoms with Crippen molar-refractivity contribution in [3.63, 3.8) is 0 Å². The van der Waals surface area contributed by atoms with Gasteiger partial charge in [0.2, 0.25) is 0 Å². The molecule has 5 heteroatoms. The molecule has 1 aliphatic rings. The van der Waals surface area contributed by atoms with Crippen LogP contribution in [-0.2, 0) is 22.6 Å². The lowest BCUT2D eigenvalue weighted by Gasteiger charge is -2.34. The van der Waals surface area contributed by atoms with Crippen molar-refractivity contribution >= 4 is 23.4 Å². The van der Waals surface area contributed by atoms with E-state index in [0.717, 1.165) is 35.2 Å². The fraction of sp³-hybridized carbons (Fsp3) is 0.185. The van der Waals surface area contributed by atoms with Crippen LogP contribution in [-0.4, -0.2) is 22.8 Å². The number of fused-ring (bicyclic) bond motifs is 1. The Morgan fingerprint density at radius 3 is 2.28 bits per heavy atom. The highest BCUT2D eigenvalue weighted by molar-refractivity contribution is 6.40. The molecule has 0 bridgehead atoms. The Morgan fingerprint density at radius 2 is 1.62 bits per heavy atom. The standard InChI is InChI=1S/C27H23NO4/c29-18-25(28(20-11-5-2-6-12-20)17-19-9-3-1-4-10-19)23-15-7-14-22-21(23)13-8-16-24(22)26(30)27(31)32/h1-6,8-13,16,23H,7,14-15,17H2,(H,31,32). The van der Waals surface area contributed by atoms with Gasteiger partial charge >= 0.3 is 5.97 Å². The van der Waals surface area contributed by atoms with Gasteiger partial charge in [-0.25, -0.2) is 9.59 Å². The largest absolute Gasteiger partial charge is 0.475 e. The lowest BCUT2D eigenvalue weighted by Crippen LogP contribution is -2.29. The molecule has 1 unspecified atom stereocenters. The number of ketones is 1. The Kier molecular flexibility index (Phi) is 6.29. The third kappa shape index (κ3) is 4.25. The number of allylic oxidation sites excluding steroid dienone is 1. The molecule has 0 saturated carbocycles. The van der Waals surface area contributed by atoms with Gasteiger partial charge in [0.05, 0.1) is 0 Å². The molecule has 3 aromatic carbocycles. The van der Waals surface area contributed by atoms with Gasteiger partial charge in [-0.2, -0.15) is 0 Å². The second-order valence-corrected chi connectivity index (χ2v) is 7.85. The van der Waals surface area contributed by atoms with Crippen molar-refractivity contribution in [1.29, 1.82) is 0 Å². The summed E-state index contributed by atoms with van der Waals surface area (Å²) in [5.74, 6) is -0.466. The highest BCUT2D eigenvalue weighted by Gasteiger charge is 2.32. The molecule has 1 N–H and O–H groups in total. The molecule has 3 aromatic rings. The number of hydrogen-bond acceptors (Lipinski definition) is 4. The fourth-order valence-electron chi connectivity index (χ4n) is 4.46. The van der Waals surface area contributed by atoms with Gasteiger partial charge in [0.15, 0.2) is 0 Å². The minimum atomic E-state index is -1.47. The topological polar surface area (TPSA) is 74.7 Å². The molecule has 0 saturated heterocycles. The van der Waals surface area contributed by atoms with Crippen LogP contribution in [0.4, 0.5) is 5.69 Å². The lowest BCUT2D eigenvalue weighted by atomic mass is 9.78. The van der Waals surface area contributed by atoms with Crippen LogP contribution in [0.5, 0.6) is 0 Å². The first-order valence-electron chi connectivity index (χ1n) is 10.6. The van der Waals surface area contributed by atoms with Crippen LogP contribution in [0.1, 0.15) is 45.8 Å². The SMILES string of the molecule is O=C=C(C1CCCc2c(C(=O)C(=O)O)cccc21)N(Cc1ccccc1)c1ccccc1. The van der Waals surface area contributed by atoms with Crippen LogP contribution in [0.25, 0.3) is 0 Å². The number of hydrogen-bond donors (Lipinski definition) is 1. The first-order valence-corrected chi connectivity index (χ1v) is 10.6. The number of aliphatic carboxylic acids is 1. The van der Waals surface area contributed by atoms with Crippen LogP contribution in [0.15, 0.2) is 84.6 Å². The van der Waals surface area contributed by atoms with E-state index in [4.69, 9.17) is 0 Å². The Balaban J connectivity index is 1.79. The van der Waals surface area contributed by atoms with Crippen LogP contribution < -0.4 is 4.90 Å². The maximum absolute atomic E-state index is 12.4. The maximum atomic E-state index is 12.4. The smallest absolute Gasteiger partial charge is 0.377 e. The maximum Gasteiger partial charge on any atom is 0.377 e. The van der Waals surface area contributed by atoms with E-state index in [1.54, 1.807) is 12.1 Å². The number of carbonyl (C=O) groups is 2. The summed E-state index contributed by atoms with van der Waals surface area (Å²) in [6.07, 6.45) is 2.08. The van der Waals surface area contributed by atoms with Gasteiger partial charge in [-0.05, 0) is 48.1 Å². The van der Waals surface area contributed by atoms with Crippen molar-refractivity contribution in [2.24, 2.45) is 0 Å². The van der Waals surface area contributed by atoms with Crippen LogP contribution in [0.3, 0.4) is 0 Å². The van der Waals surface area contributed by atoms with Gasteiger partial charge < -0.3 is 10.0 Å². The minimum absolute atomic E-state index is 0.208. The number of carboxylic acids is 1. The number of para-hydroxylation sites is 1. The minimum Gasteiger partial charge on any atom is -0.475 e. The molecule has 5 nitrogen and oxygen atoms in total. The molecule has 4 rings (SSSR count). The first kappa shape index (κ1) is 21.3. The van der Waals surface area contributed by atoms with E-state index in [2.05, 4.69) is 5.94 Å². The van der Waals surface area contributed by atoms with E-state index in [9.17, 15) is 19.5 Å². The highest BCUT2D eigenvalue weighted by atomic mass is 16.4. The molecule has 32 heavy (non-hydrogen) atoms. The van der Waals surface area contributed by atoms with Crippen molar-refractivity contribution in [3.05, 3.63) is 107 Å².